The van der Waals surface area contributed by atoms with E-state index in [1.807, 2.05) is 12.1 Å². The molecule has 3 nitrogen and oxygen atoms in total. The summed E-state index contributed by atoms with van der Waals surface area (Å²) in [6.07, 6.45) is 0. The van der Waals surface area contributed by atoms with E-state index in [1.165, 1.54) is 24.3 Å². The second-order valence-corrected chi connectivity index (χ2v) is 2.63. The Morgan fingerprint density at radius 1 is 0.562 bits per heavy atom. The summed E-state index contributed by atoms with van der Waals surface area (Å²) in [6.45, 7) is 0. The van der Waals surface area contributed by atoms with Crippen molar-refractivity contribution in [3.8, 4) is 11.5 Å². The van der Waals surface area contributed by atoms with Crippen molar-refractivity contribution >= 4 is 0 Å². The fourth-order valence-corrected chi connectivity index (χ4v) is 0.841. The molecule has 0 radical (unpaired) electrons. The fraction of sp³-hybridized carbons (Fsp3) is 0. The molecule has 2 aromatic carbocycles. The van der Waals surface area contributed by atoms with Gasteiger partial charge in [-0.3, -0.25) is 0 Å². The first-order valence-corrected chi connectivity index (χ1v) is 4.23. The Bertz CT molecular complexity index is 316. The maximum absolute atomic E-state index is 10.3. The average Bonchev–Trinajstić information content (AvgIpc) is 2.21. The SMILES string of the molecule is N.[O-]c1ccccc1.[O-]c1ccccc1.[Zr+2]. The van der Waals surface area contributed by atoms with E-state index in [1.54, 1.807) is 24.3 Å². The Morgan fingerprint density at radius 2 is 0.812 bits per heavy atom. The van der Waals surface area contributed by atoms with Crippen LogP contribution in [0.1, 0.15) is 0 Å². The second-order valence-electron chi connectivity index (χ2n) is 2.63. The molecule has 3 N–H and O–H groups in total. The molecule has 0 aliphatic rings. The Kier molecular flexibility index (Phi) is 11.2. The van der Waals surface area contributed by atoms with Gasteiger partial charge in [-0.25, -0.2) is 0 Å². The molecule has 0 saturated carbocycles. The normalized spacial score (nSPS) is 7.50. The van der Waals surface area contributed by atoms with Crippen molar-refractivity contribution in [2.45, 2.75) is 0 Å². The summed E-state index contributed by atoms with van der Waals surface area (Å²) in [5.41, 5.74) is 0. The summed E-state index contributed by atoms with van der Waals surface area (Å²) in [6, 6.07) is 16.7. The number of hydrogen-bond donors (Lipinski definition) is 1. The van der Waals surface area contributed by atoms with Crippen LogP contribution in [0.4, 0.5) is 0 Å². The van der Waals surface area contributed by atoms with Crippen LogP contribution in [-0.4, -0.2) is 0 Å². The number of hydrogen-bond acceptors (Lipinski definition) is 3. The summed E-state index contributed by atoms with van der Waals surface area (Å²) in [5, 5.41) is 20.5. The minimum Gasteiger partial charge on any atom is -0.872 e. The van der Waals surface area contributed by atoms with Gasteiger partial charge in [-0.05, 0) is 0 Å². The standard InChI is InChI=1S/2C6H6O.H3N.Zr/c2*7-6-4-2-1-3-5-6;;/h2*1-5,7H;1H3;/q;;;+2/p-2. The summed E-state index contributed by atoms with van der Waals surface area (Å²) < 4.78 is 0. The summed E-state index contributed by atoms with van der Waals surface area (Å²) >= 11 is 0. The van der Waals surface area contributed by atoms with Crippen molar-refractivity contribution in [1.82, 2.24) is 6.15 Å². The monoisotopic (exact) mass is 293 g/mol. The van der Waals surface area contributed by atoms with E-state index in [0.29, 0.717) is 0 Å². The largest absolute Gasteiger partial charge is 2.00 e. The van der Waals surface area contributed by atoms with Crippen molar-refractivity contribution in [1.29, 1.82) is 0 Å². The van der Waals surface area contributed by atoms with E-state index in [9.17, 15) is 10.2 Å². The van der Waals surface area contributed by atoms with Gasteiger partial charge in [-0.2, -0.15) is 0 Å². The van der Waals surface area contributed by atoms with Gasteiger partial charge in [0.2, 0.25) is 0 Å². The Morgan fingerprint density at radius 3 is 0.938 bits per heavy atom. The smallest absolute Gasteiger partial charge is 0.872 e. The first kappa shape index (κ1) is 17.3. The van der Waals surface area contributed by atoms with Gasteiger partial charge in [-0.1, -0.05) is 60.7 Å². The minimum atomic E-state index is 0. The van der Waals surface area contributed by atoms with Crippen LogP contribution in [0.2, 0.25) is 0 Å². The minimum absolute atomic E-state index is 0. The molecule has 2 rings (SSSR count). The van der Waals surface area contributed by atoms with E-state index in [2.05, 4.69) is 0 Å². The zero-order valence-electron chi connectivity index (χ0n) is 8.80. The van der Waals surface area contributed by atoms with Crippen molar-refractivity contribution in [2.75, 3.05) is 0 Å². The van der Waals surface area contributed by atoms with Crippen molar-refractivity contribution in [3.05, 3.63) is 60.7 Å². The van der Waals surface area contributed by atoms with Gasteiger partial charge in [-0.15, -0.1) is 11.5 Å². The molecule has 4 heteroatoms. The van der Waals surface area contributed by atoms with Crippen LogP contribution in [0.25, 0.3) is 0 Å². The van der Waals surface area contributed by atoms with Crippen LogP contribution in [0.15, 0.2) is 60.7 Å². The topological polar surface area (TPSA) is 81.1 Å². The predicted octanol–water partition coefficient (Wildman–Crippen LogP) is 1.68. The van der Waals surface area contributed by atoms with Gasteiger partial charge in [0.15, 0.2) is 0 Å². The van der Waals surface area contributed by atoms with E-state index in [-0.39, 0.29) is 43.9 Å². The molecule has 0 spiro atoms. The molecule has 0 aromatic heterocycles. The molecule has 0 heterocycles. The van der Waals surface area contributed by atoms with Crippen molar-refractivity contribution in [3.63, 3.8) is 0 Å². The first-order valence-electron chi connectivity index (χ1n) is 4.23. The Balaban J connectivity index is 0. The molecule has 82 valence electrons. The van der Waals surface area contributed by atoms with Crippen LogP contribution in [0.5, 0.6) is 11.5 Å². The van der Waals surface area contributed by atoms with Gasteiger partial charge < -0.3 is 16.4 Å². The van der Waals surface area contributed by atoms with Crippen molar-refractivity contribution < 1.29 is 36.4 Å². The summed E-state index contributed by atoms with van der Waals surface area (Å²) in [7, 11) is 0. The molecule has 0 aliphatic carbocycles. The first-order chi connectivity index (χ1) is 6.79. The van der Waals surface area contributed by atoms with Gasteiger partial charge in [0.1, 0.15) is 0 Å². The van der Waals surface area contributed by atoms with Crippen LogP contribution < -0.4 is 16.4 Å². The van der Waals surface area contributed by atoms with E-state index >= 15 is 0 Å². The third-order valence-electron chi connectivity index (χ3n) is 1.49. The van der Waals surface area contributed by atoms with Gasteiger partial charge in [0.25, 0.3) is 0 Å². The molecule has 16 heavy (non-hydrogen) atoms. The molecular formula is C12H13NO2Zr. The quantitative estimate of drug-likeness (QED) is 0.802. The second kappa shape index (κ2) is 10.4. The third-order valence-corrected chi connectivity index (χ3v) is 1.49. The molecule has 0 unspecified atom stereocenters. The molecule has 0 fully saturated rings. The maximum atomic E-state index is 10.3. The van der Waals surface area contributed by atoms with Crippen LogP contribution >= 0.6 is 0 Å². The van der Waals surface area contributed by atoms with Crippen LogP contribution in [0, 0.1) is 0 Å². The maximum Gasteiger partial charge on any atom is 2.00 e. The molecule has 0 amide bonds. The van der Waals surface area contributed by atoms with E-state index in [0.717, 1.165) is 0 Å². The van der Waals surface area contributed by atoms with Crippen LogP contribution in [0.3, 0.4) is 0 Å². The van der Waals surface area contributed by atoms with Gasteiger partial charge in [0, 0.05) is 0 Å². The van der Waals surface area contributed by atoms with Crippen LogP contribution in [-0.2, 0) is 26.2 Å². The molecular weight excluding hydrogens is 281 g/mol. The third kappa shape index (κ3) is 8.21. The molecule has 0 bridgehead atoms. The number of rotatable bonds is 0. The number of benzene rings is 2. The fourth-order valence-electron chi connectivity index (χ4n) is 0.841. The summed E-state index contributed by atoms with van der Waals surface area (Å²) in [5.74, 6) is 0.144. The van der Waals surface area contributed by atoms with Gasteiger partial charge >= 0.3 is 26.2 Å². The molecule has 2 aromatic rings. The zero-order chi connectivity index (χ0) is 10.2. The Labute approximate surface area is 114 Å². The Hall–Kier alpha value is -1.12. The zero-order valence-corrected chi connectivity index (χ0v) is 11.3. The molecule has 0 saturated heterocycles. The molecule has 0 atom stereocenters. The summed E-state index contributed by atoms with van der Waals surface area (Å²) in [4.78, 5) is 0. The molecule has 0 aliphatic heterocycles. The average molecular weight is 294 g/mol. The van der Waals surface area contributed by atoms with E-state index in [4.69, 9.17) is 0 Å². The van der Waals surface area contributed by atoms with Crippen molar-refractivity contribution in [2.24, 2.45) is 0 Å². The van der Waals surface area contributed by atoms with Gasteiger partial charge in [0.05, 0.1) is 0 Å². The number of para-hydroxylation sites is 2. The van der Waals surface area contributed by atoms with E-state index < -0.39 is 0 Å². The predicted molar refractivity (Wildman–Crippen MR) is 56.8 cm³/mol.